The molecule has 0 aliphatic carbocycles. The Labute approximate surface area is 114 Å². The fraction of sp³-hybridized carbons (Fsp3) is 0.143. The van der Waals surface area contributed by atoms with E-state index in [1.807, 2.05) is 0 Å². The number of rotatable bonds is 5. The lowest BCUT2D eigenvalue weighted by molar-refractivity contribution is 0.0658. The van der Waals surface area contributed by atoms with Crippen molar-refractivity contribution >= 4 is 11.9 Å². The molecular formula is C14H12O6. The molecule has 0 saturated carbocycles. The fourth-order valence-electron chi connectivity index (χ4n) is 1.62. The molecule has 0 aliphatic rings. The Morgan fingerprint density at radius 3 is 2.30 bits per heavy atom. The number of carboxylic acids is 2. The van der Waals surface area contributed by atoms with Gasteiger partial charge in [-0.05, 0) is 37.3 Å². The molecule has 0 fully saturated rings. The summed E-state index contributed by atoms with van der Waals surface area (Å²) < 4.78 is 10.5. The molecule has 0 amide bonds. The van der Waals surface area contributed by atoms with E-state index in [9.17, 15) is 9.59 Å². The van der Waals surface area contributed by atoms with Gasteiger partial charge in [-0.25, -0.2) is 9.59 Å². The highest BCUT2D eigenvalue weighted by molar-refractivity contribution is 5.87. The summed E-state index contributed by atoms with van der Waals surface area (Å²) in [5.74, 6) is -1.31. The molecule has 1 aromatic heterocycles. The summed E-state index contributed by atoms with van der Waals surface area (Å²) in [6.07, 6.45) is 0. The van der Waals surface area contributed by atoms with Gasteiger partial charge in [0.05, 0.1) is 5.56 Å². The lowest BCUT2D eigenvalue weighted by Crippen LogP contribution is -1.98. The van der Waals surface area contributed by atoms with Crippen molar-refractivity contribution in [2.24, 2.45) is 0 Å². The lowest BCUT2D eigenvalue weighted by Gasteiger charge is -2.05. The normalized spacial score (nSPS) is 10.2. The Bertz CT molecular complexity index is 638. The summed E-state index contributed by atoms with van der Waals surface area (Å²) in [7, 11) is 0. The number of carbonyl (C=O) groups is 2. The standard InChI is InChI=1S/C14H12O6/c1-8-10(6-12(20-8)14(17)18)7-19-11-4-2-9(3-5-11)13(15)16/h2-6H,7H2,1H3,(H,15,16)(H,17,18). The van der Waals surface area contributed by atoms with Gasteiger partial charge in [0.2, 0.25) is 5.76 Å². The van der Waals surface area contributed by atoms with Gasteiger partial charge < -0.3 is 19.4 Å². The molecule has 1 aromatic carbocycles. The summed E-state index contributed by atoms with van der Waals surface area (Å²) >= 11 is 0. The van der Waals surface area contributed by atoms with Crippen LogP contribution in [0.15, 0.2) is 34.7 Å². The van der Waals surface area contributed by atoms with Gasteiger partial charge in [-0.1, -0.05) is 0 Å². The van der Waals surface area contributed by atoms with Crippen LogP contribution in [0.25, 0.3) is 0 Å². The molecule has 1 heterocycles. The molecule has 0 aliphatic heterocycles. The topological polar surface area (TPSA) is 97.0 Å². The molecule has 0 unspecified atom stereocenters. The van der Waals surface area contributed by atoms with Gasteiger partial charge >= 0.3 is 11.9 Å². The van der Waals surface area contributed by atoms with Crippen LogP contribution in [0.3, 0.4) is 0 Å². The van der Waals surface area contributed by atoms with E-state index in [1.165, 1.54) is 30.3 Å². The number of hydrogen-bond acceptors (Lipinski definition) is 4. The number of ether oxygens (including phenoxy) is 1. The van der Waals surface area contributed by atoms with Crippen LogP contribution in [0.1, 0.15) is 32.2 Å². The Kier molecular flexibility index (Phi) is 3.74. The van der Waals surface area contributed by atoms with E-state index in [1.54, 1.807) is 6.92 Å². The third-order valence-corrected chi connectivity index (χ3v) is 2.73. The fourth-order valence-corrected chi connectivity index (χ4v) is 1.62. The molecule has 6 nitrogen and oxygen atoms in total. The van der Waals surface area contributed by atoms with Gasteiger partial charge in [0.1, 0.15) is 18.1 Å². The largest absolute Gasteiger partial charge is 0.489 e. The van der Waals surface area contributed by atoms with E-state index in [4.69, 9.17) is 19.4 Å². The maximum atomic E-state index is 10.8. The highest BCUT2D eigenvalue weighted by Gasteiger charge is 2.13. The Morgan fingerprint density at radius 1 is 1.15 bits per heavy atom. The molecule has 2 aromatic rings. The van der Waals surface area contributed by atoms with E-state index in [0.717, 1.165) is 0 Å². The third-order valence-electron chi connectivity index (χ3n) is 2.73. The second kappa shape index (κ2) is 5.48. The molecule has 0 atom stereocenters. The summed E-state index contributed by atoms with van der Waals surface area (Å²) in [6, 6.07) is 7.35. The second-order valence-electron chi connectivity index (χ2n) is 4.12. The van der Waals surface area contributed by atoms with Crippen molar-refractivity contribution in [2.45, 2.75) is 13.5 Å². The summed E-state index contributed by atoms with van der Waals surface area (Å²) in [4.78, 5) is 21.4. The van der Waals surface area contributed by atoms with Gasteiger partial charge in [0, 0.05) is 5.56 Å². The van der Waals surface area contributed by atoms with E-state index in [0.29, 0.717) is 17.1 Å². The van der Waals surface area contributed by atoms with Crippen molar-refractivity contribution in [3.05, 3.63) is 53.0 Å². The predicted molar refractivity (Wildman–Crippen MR) is 68.1 cm³/mol. The first kappa shape index (κ1) is 13.7. The van der Waals surface area contributed by atoms with Crippen molar-refractivity contribution in [2.75, 3.05) is 0 Å². The van der Waals surface area contributed by atoms with E-state index in [-0.39, 0.29) is 17.9 Å². The molecule has 2 N–H and O–H groups in total. The summed E-state index contributed by atoms with van der Waals surface area (Å²) in [5.41, 5.74) is 0.801. The maximum Gasteiger partial charge on any atom is 0.371 e. The van der Waals surface area contributed by atoms with Crippen molar-refractivity contribution in [3.8, 4) is 5.75 Å². The minimum atomic E-state index is -1.13. The molecular weight excluding hydrogens is 264 g/mol. The monoisotopic (exact) mass is 276 g/mol. The quantitative estimate of drug-likeness (QED) is 0.871. The summed E-state index contributed by atoms with van der Waals surface area (Å²) in [6.45, 7) is 1.80. The third kappa shape index (κ3) is 2.97. The Balaban J connectivity index is 2.05. The van der Waals surface area contributed by atoms with E-state index >= 15 is 0 Å². The zero-order chi connectivity index (χ0) is 14.7. The molecule has 104 valence electrons. The maximum absolute atomic E-state index is 10.8. The molecule has 0 saturated heterocycles. The molecule has 0 radical (unpaired) electrons. The number of hydrogen-bond donors (Lipinski definition) is 2. The minimum absolute atomic E-state index is 0.137. The van der Waals surface area contributed by atoms with Gasteiger partial charge in [-0.2, -0.15) is 0 Å². The van der Waals surface area contributed by atoms with Crippen LogP contribution in [0.2, 0.25) is 0 Å². The average molecular weight is 276 g/mol. The van der Waals surface area contributed by atoms with E-state index < -0.39 is 11.9 Å². The molecule has 20 heavy (non-hydrogen) atoms. The van der Waals surface area contributed by atoms with Crippen LogP contribution < -0.4 is 4.74 Å². The van der Waals surface area contributed by atoms with Crippen LogP contribution in [0, 0.1) is 6.92 Å². The summed E-state index contributed by atoms with van der Waals surface area (Å²) in [5, 5.41) is 17.6. The van der Waals surface area contributed by atoms with Gasteiger partial charge in [0.15, 0.2) is 0 Å². The average Bonchev–Trinajstić information content (AvgIpc) is 2.78. The van der Waals surface area contributed by atoms with Gasteiger partial charge in [-0.3, -0.25) is 0 Å². The highest BCUT2D eigenvalue weighted by Crippen LogP contribution is 2.18. The Morgan fingerprint density at radius 2 is 1.80 bits per heavy atom. The van der Waals surface area contributed by atoms with Crippen molar-refractivity contribution in [1.82, 2.24) is 0 Å². The van der Waals surface area contributed by atoms with Crippen LogP contribution in [-0.4, -0.2) is 22.2 Å². The second-order valence-corrected chi connectivity index (χ2v) is 4.12. The smallest absolute Gasteiger partial charge is 0.371 e. The van der Waals surface area contributed by atoms with Crippen LogP contribution in [-0.2, 0) is 6.61 Å². The zero-order valence-electron chi connectivity index (χ0n) is 10.6. The number of furan rings is 1. The number of carboxylic acid groups (broad SMARTS) is 2. The minimum Gasteiger partial charge on any atom is -0.489 e. The highest BCUT2D eigenvalue weighted by atomic mass is 16.5. The first-order valence-electron chi connectivity index (χ1n) is 5.76. The van der Waals surface area contributed by atoms with E-state index in [2.05, 4.69) is 0 Å². The number of aryl methyl sites for hydroxylation is 1. The molecule has 0 spiro atoms. The first-order valence-corrected chi connectivity index (χ1v) is 5.76. The van der Waals surface area contributed by atoms with Crippen molar-refractivity contribution in [3.63, 3.8) is 0 Å². The van der Waals surface area contributed by atoms with Gasteiger partial charge in [-0.15, -0.1) is 0 Å². The first-order chi connectivity index (χ1) is 9.47. The predicted octanol–water partition coefficient (Wildman–Crippen LogP) is 2.56. The van der Waals surface area contributed by atoms with Crippen molar-refractivity contribution in [1.29, 1.82) is 0 Å². The number of aromatic carboxylic acids is 2. The number of benzene rings is 1. The SMILES string of the molecule is Cc1oc(C(=O)O)cc1COc1ccc(C(=O)O)cc1. The van der Waals surface area contributed by atoms with Crippen molar-refractivity contribution < 1.29 is 29.0 Å². The molecule has 6 heteroatoms. The zero-order valence-corrected chi connectivity index (χ0v) is 10.6. The van der Waals surface area contributed by atoms with Gasteiger partial charge in [0.25, 0.3) is 0 Å². The molecule has 2 rings (SSSR count). The molecule has 0 bridgehead atoms. The van der Waals surface area contributed by atoms with Crippen LogP contribution in [0.4, 0.5) is 0 Å². The lowest BCUT2D eigenvalue weighted by atomic mass is 10.2. The van der Waals surface area contributed by atoms with Crippen LogP contribution >= 0.6 is 0 Å². The Hall–Kier alpha value is -2.76. The van der Waals surface area contributed by atoms with Crippen LogP contribution in [0.5, 0.6) is 5.75 Å².